The molecule has 0 aromatic rings. The van der Waals surface area contributed by atoms with Crippen LogP contribution in [-0.4, -0.2) is 181 Å². The van der Waals surface area contributed by atoms with Gasteiger partial charge in [-0.2, -0.15) is 0 Å². The van der Waals surface area contributed by atoms with Crippen LogP contribution in [0.5, 0.6) is 0 Å². The molecule has 22 heteroatoms. The average Bonchev–Trinajstić information content (AvgIpc) is 3.18. The largest absolute Gasteiger partial charge is 1.00 e. The Hall–Kier alpha value is -0.0800. The van der Waals surface area contributed by atoms with E-state index in [-0.39, 0.29) is 91.4 Å². The summed E-state index contributed by atoms with van der Waals surface area (Å²) in [7, 11) is -5.20. The maximum atomic E-state index is 11.9. The molecule has 0 spiro atoms. The first-order valence-corrected chi connectivity index (χ1v) is 22.0. The molecule has 0 radical (unpaired) electrons. The summed E-state index contributed by atoms with van der Waals surface area (Å²) in [5.74, 6) is -3.24. The Morgan fingerprint density at radius 3 is 1.10 bits per heavy atom. The first kappa shape index (κ1) is 64.2. The maximum Gasteiger partial charge on any atom is 1.00 e. The van der Waals surface area contributed by atoms with Crippen LogP contribution in [0.3, 0.4) is 0 Å². The zero-order valence-electron chi connectivity index (χ0n) is 36.7. The van der Waals surface area contributed by atoms with Crippen LogP contribution in [0.1, 0.15) is 77.6 Å². The van der Waals surface area contributed by atoms with Crippen LogP contribution in [-0.2, 0) is 76.6 Å². The number of nitrogens with one attached hydrogen (secondary N) is 1. The second-order valence-corrected chi connectivity index (χ2v) is 14.3. The van der Waals surface area contributed by atoms with Crippen molar-refractivity contribution in [3.8, 4) is 0 Å². The van der Waals surface area contributed by atoms with Crippen molar-refractivity contribution >= 4 is 28.0 Å². The molecule has 1 unspecified atom stereocenters. The molecule has 1 N–H and O–H groups in total. The van der Waals surface area contributed by atoms with Crippen LogP contribution in [0.4, 0.5) is 0 Å². The van der Waals surface area contributed by atoms with Gasteiger partial charge in [0.05, 0.1) is 132 Å². The van der Waals surface area contributed by atoms with E-state index >= 15 is 0 Å². The average molecular weight is 908 g/mol. The van der Waals surface area contributed by atoms with Crippen molar-refractivity contribution in [1.29, 1.82) is 0 Å². The molecule has 19 nitrogen and oxygen atoms in total. The second-order valence-electron chi connectivity index (χ2n) is 12.8. The standard InChI is InChI=1S/C38H73NO18S.2Na/c1-2-3-4-5-6-7-8-9-10-11-36(40)39-12-13-47-14-15-48-16-17-49-18-19-50-20-21-51-22-23-52-24-25-53-26-27-54-28-29-55-30-31-56-32-33-57-38(43)35(34-37(41)42)58(44,45)46;;/h35H,2-34H2,1H3,(H,39,40)(H,41,42)(H,44,45,46);;/q;2*+1/p-2. The topological polar surface area (TPSA) is 245 Å². The fourth-order valence-electron chi connectivity index (χ4n) is 4.78. The molecular formula is C38H71NNa2O18S. The van der Waals surface area contributed by atoms with E-state index in [1.54, 1.807) is 0 Å². The number of carboxylic acids is 1. The third-order valence-corrected chi connectivity index (χ3v) is 8.92. The molecule has 0 aromatic heterocycles. The van der Waals surface area contributed by atoms with E-state index in [0.717, 1.165) is 12.8 Å². The van der Waals surface area contributed by atoms with Crippen molar-refractivity contribution in [1.82, 2.24) is 5.32 Å². The maximum absolute atomic E-state index is 11.9. The molecular weight excluding hydrogens is 836 g/mol. The van der Waals surface area contributed by atoms with Gasteiger partial charge in [-0.1, -0.05) is 58.3 Å². The number of esters is 1. The van der Waals surface area contributed by atoms with Gasteiger partial charge in [0.2, 0.25) is 5.91 Å². The summed E-state index contributed by atoms with van der Waals surface area (Å²) < 4.78 is 91.7. The summed E-state index contributed by atoms with van der Waals surface area (Å²) in [6.07, 6.45) is 10.5. The molecule has 0 heterocycles. The molecule has 344 valence electrons. The molecule has 0 aliphatic carbocycles. The molecule has 1 atom stereocenters. The number of hydrogen-bond donors (Lipinski definition) is 1. The summed E-state index contributed by atoms with van der Waals surface area (Å²) in [5.41, 5.74) is 0. The summed E-state index contributed by atoms with van der Waals surface area (Å²) in [5, 5.41) is 11.1. The zero-order chi connectivity index (χ0) is 42.6. The van der Waals surface area contributed by atoms with Gasteiger partial charge in [0.15, 0.2) is 5.25 Å². The predicted octanol–water partition coefficient (Wildman–Crippen LogP) is -5.21. The molecule has 0 bridgehead atoms. The van der Waals surface area contributed by atoms with Crippen molar-refractivity contribution in [2.24, 2.45) is 0 Å². The van der Waals surface area contributed by atoms with Gasteiger partial charge in [0, 0.05) is 25.4 Å². The monoisotopic (exact) mass is 907 g/mol. The Kier molecular flexibility index (Phi) is 53.4. The van der Waals surface area contributed by atoms with E-state index in [2.05, 4.69) is 17.0 Å². The Labute approximate surface area is 402 Å². The molecule has 0 aliphatic heterocycles. The summed E-state index contributed by atoms with van der Waals surface area (Å²) in [6.45, 7) is 9.97. The molecule has 1 amide bonds. The van der Waals surface area contributed by atoms with Gasteiger partial charge >= 0.3 is 65.1 Å². The molecule has 60 heavy (non-hydrogen) atoms. The van der Waals surface area contributed by atoms with Crippen molar-refractivity contribution < 1.29 is 144 Å². The Balaban J connectivity index is -0.0000162. The van der Waals surface area contributed by atoms with Gasteiger partial charge < -0.3 is 71.9 Å². The van der Waals surface area contributed by atoms with Gasteiger partial charge in [0.25, 0.3) is 0 Å². The molecule has 0 rings (SSSR count). The smallest absolute Gasteiger partial charge is 0.747 e. The minimum absolute atomic E-state index is 0. The normalized spacial score (nSPS) is 11.8. The molecule has 0 aromatic carbocycles. The van der Waals surface area contributed by atoms with E-state index < -0.39 is 33.7 Å². The first-order chi connectivity index (χ1) is 28.2. The number of unbranched alkanes of at least 4 members (excludes halogenated alkanes) is 8. The molecule has 0 aliphatic rings. The Morgan fingerprint density at radius 1 is 0.483 bits per heavy atom. The van der Waals surface area contributed by atoms with Crippen molar-refractivity contribution in [3.63, 3.8) is 0 Å². The van der Waals surface area contributed by atoms with E-state index in [1.165, 1.54) is 44.9 Å². The van der Waals surface area contributed by atoms with Gasteiger partial charge in [-0.25, -0.2) is 8.42 Å². The zero-order valence-corrected chi connectivity index (χ0v) is 41.5. The van der Waals surface area contributed by atoms with Crippen LogP contribution in [0.25, 0.3) is 0 Å². The van der Waals surface area contributed by atoms with Crippen molar-refractivity contribution in [3.05, 3.63) is 0 Å². The van der Waals surface area contributed by atoms with Crippen LogP contribution in [0.15, 0.2) is 0 Å². The number of hydrogen-bond acceptors (Lipinski definition) is 18. The summed E-state index contributed by atoms with van der Waals surface area (Å²) in [4.78, 5) is 34.0. The van der Waals surface area contributed by atoms with Crippen LogP contribution in [0.2, 0.25) is 0 Å². The minimum Gasteiger partial charge on any atom is -0.747 e. The van der Waals surface area contributed by atoms with Crippen LogP contribution >= 0.6 is 0 Å². The van der Waals surface area contributed by atoms with E-state index in [4.69, 9.17) is 47.4 Å². The quantitative estimate of drug-likeness (QED) is 0.0260. The number of aliphatic carboxylic acids is 1. The van der Waals surface area contributed by atoms with E-state index in [0.29, 0.717) is 125 Å². The van der Waals surface area contributed by atoms with Crippen molar-refractivity contribution in [2.45, 2.75) is 82.8 Å². The second kappa shape index (κ2) is 49.9. The fraction of sp³-hybridized carbons (Fsp3) is 0.921. The number of carbonyl (C=O) groups excluding carboxylic acids is 3. The molecule has 0 fully saturated rings. The van der Waals surface area contributed by atoms with Gasteiger partial charge in [-0.05, 0) is 6.42 Å². The predicted molar refractivity (Wildman–Crippen MR) is 207 cm³/mol. The third-order valence-electron chi connectivity index (χ3n) is 7.86. The van der Waals surface area contributed by atoms with Crippen LogP contribution < -0.4 is 69.5 Å². The molecule has 0 saturated heterocycles. The van der Waals surface area contributed by atoms with Gasteiger partial charge in [0.1, 0.15) is 16.7 Å². The number of carbonyl (C=O) groups is 3. The van der Waals surface area contributed by atoms with Gasteiger partial charge in [-0.15, -0.1) is 0 Å². The molecule has 0 saturated carbocycles. The van der Waals surface area contributed by atoms with E-state index in [9.17, 15) is 32.5 Å². The first-order valence-electron chi connectivity index (χ1n) is 20.5. The number of rotatable bonds is 47. The van der Waals surface area contributed by atoms with Crippen molar-refractivity contribution in [2.75, 3.05) is 145 Å². The Morgan fingerprint density at radius 2 is 0.783 bits per heavy atom. The van der Waals surface area contributed by atoms with Gasteiger partial charge in [-0.3, -0.25) is 9.59 Å². The summed E-state index contributed by atoms with van der Waals surface area (Å²) >= 11 is 0. The van der Waals surface area contributed by atoms with Crippen LogP contribution in [0, 0.1) is 0 Å². The number of carboxylic acid groups (broad SMARTS) is 1. The summed E-state index contributed by atoms with van der Waals surface area (Å²) in [6, 6.07) is 0. The SMILES string of the molecule is CCCCCCCCCCCC(=O)NCCOCCOCCOCCOCCOCCOCCOCCOCCOCCOCCOC(=O)C(CC(=O)[O-])S(=O)(=O)[O-].[Na+].[Na+]. The number of ether oxygens (including phenoxy) is 11. The van der Waals surface area contributed by atoms with E-state index in [1.807, 2.05) is 0 Å². The third kappa shape index (κ3) is 48.9. The fourth-order valence-corrected chi connectivity index (χ4v) is 5.42. The number of amides is 1. The minimum atomic E-state index is -5.20. The Bertz CT molecular complexity index is 1070.